The van der Waals surface area contributed by atoms with Gasteiger partial charge in [0.15, 0.2) is 0 Å². The highest BCUT2D eigenvalue weighted by molar-refractivity contribution is 9.10. The molecule has 0 aliphatic rings. The number of hydrogen-bond donors (Lipinski definition) is 1. The number of halogens is 2. The molecular formula is C11H7BrFN3O4S. The Bertz CT molecular complexity index is 813. The summed E-state index contributed by atoms with van der Waals surface area (Å²) >= 11 is 3.07. The van der Waals surface area contributed by atoms with Crippen molar-refractivity contribution in [3.05, 3.63) is 57.1 Å². The second-order valence-corrected chi connectivity index (χ2v) is 6.46. The Balaban J connectivity index is 2.46. The molecule has 2 rings (SSSR count). The standard InChI is InChI=1S/C11H7BrFN3O4S/c12-7-3-9(6-14-5-7)21(19,20)15-10-4-8(13)1-2-11(10)16(17)18/h1-6,15H. The van der Waals surface area contributed by atoms with Gasteiger partial charge in [-0.3, -0.25) is 19.8 Å². The van der Waals surface area contributed by atoms with E-state index in [-0.39, 0.29) is 4.90 Å². The zero-order valence-corrected chi connectivity index (χ0v) is 12.6. The largest absolute Gasteiger partial charge is 0.293 e. The highest BCUT2D eigenvalue weighted by Gasteiger charge is 2.22. The van der Waals surface area contributed by atoms with Crippen molar-refractivity contribution in [2.24, 2.45) is 0 Å². The van der Waals surface area contributed by atoms with Crippen LogP contribution in [0.3, 0.4) is 0 Å². The quantitative estimate of drug-likeness (QED) is 0.653. The number of rotatable bonds is 4. The molecule has 21 heavy (non-hydrogen) atoms. The summed E-state index contributed by atoms with van der Waals surface area (Å²) in [6.45, 7) is 0. The summed E-state index contributed by atoms with van der Waals surface area (Å²) in [4.78, 5) is 13.5. The van der Waals surface area contributed by atoms with Crippen molar-refractivity contribution in [2.75, 3.05) is 4.72 Å². The molecule has 110 valence electrons. The third kappa shape index (κ3) is 3.52. The average Bonchev–Trinajstić information content (AvgIpc) is 2.38. The first-order chi connectivity index (χ1) is 9.79. The Morgan fingerprint density at radius 3 is 2.62 bits per heavy atom. The van der Waals surface area contributed by atoms with Crippen molar-refractivity contribution in [1.82, 2.24) is 4.98 Å². The van der Waals surface area contributed by atoms with Gasteiger partial charge in [0.2, 0.25) is 0 Å². The molecular weight excluding hydrogens is 369 g/mol. The Labute approximate surface area is 127 Å². The van der Waals surface area contributed by atoms with Gasteiger partial charge in [-0.25, -0.2) is 12.8 Å². The number of nitrogens with one attached hydrogen (secondary N) is 1. The lowest BCUT2D eigenvalue weighted by Crippen LogP contribution is -2.14. The molecule has 1 heterocycles. The topological polar surface area (TPSA) is 102 Å². The van der Waals surface area contributed by atoms with Gasteiger partial charge >= 0.3 is 0 Å². The molecule has 0 saturated carbocycles. The van der Waals surface area contributed by atoms with Crippen LogP contribution in [0.5, 0.6) is 0 Å². The minimum Gasteiger partial charge on any atom is -0.273 e. The van der Waals surface area contributed by atoms with E-state index in [1.165, 1.54) is 12.3 Å². The van der Waals surface area contributed by atoms with Crippen molar-refractivity contribution in [1.29, 1.82) is 0 Å². The van der Waals surface area contributed by atoms with Crippen LogP contribution in [0.2, 0.25) is 0 Å². The third-order valence-electron chi connectivity index (χ3n) is 2.39. The molecule has 0 bridgehead atoms. The maximum Gasteiger partial charge on any atom is 0.293 e. The Morgan fingerprint density at radius 2 is 2.00 bits per heavy atom. The van der Waals surface area contributed by atoms with Crippen LogP contribution in [0, 0.1) is 15.9 Å². The summed E-state index contributed by atoms with van der Waals surface area (Å²) in [6, 6.07) is 3.75. The molecule has 0 unspecified atom stereocenters. The minimum atomic E-state index is -4.12. The molecule has 0 saturated heterocycles. The fourth-order valence-electron chi connectivity index (χ4n) is 1.49. The highest BCUT2D eigenvalue weighted by Crippen LogP contribution is 2.27. The Morgan fingerprint density at radius 1 is 1.29 bits per heavy atom. The van der Waals surface area contributed by atoms with E-state index in [4.69, 9.17) is 0 Å². The van der Waals surface area contributed by atoms with Crippen LogP contribution in [-0.4, -0.2) is 18.3 Å². The van der Waals surface area contributed by atoms with Gasteiger partial charge in [0.1, 0.15) is 16.4 Å². The van der Waals surface area contributed by atoms with E-state index in [1.54, 1.807) is 0 Å². The number of pyridine rings is 1. The fourth-order valence-corrected chi connectivity index (χ4v) is 3.06. The first-order valence-electron chi connectivity index (χ1n) is 5.37. The summed E-state index contributed by atoms with van der Waals surface area (Å²) in [7, 11) is -4.12. The van der Waals surface area contributed by atoms with Gasteiger partial charge in [-0.05, 0) is 28.1 Å². The van der Waals surface area contributed by atoms with E-state index in [2.05, 4.69) is 20.9 Å². The highest BCUT2D eigenvalue weighted by atomic mass is 79.9. The molecule has 0 fully saturated rings. The van der Waals surface area contributed by atoms with E-state index in [0.29, 0.717) is 4.47 Å². The van der Waals surface area contributed by atoms with Crippen molar-refractivity contribution in [3.8, 4) is 0 Å². The first-order valence-corrected chi connectivity index (χ1v) is 7.64. The second-order valence-electron chi connectivity index (χ2n) is 3.86. The van der Waals surface area contributed by atoms with Crippen LogP contribution in [0.1, 0.15) is 0 Å². The summed E-state index contributed by atoms with van der Waals surface area (Å²) in [5, 5.41) is 10.8. The normalized spacial score (nSPS) is 11.1. The fraction of sp³-hybridized carbons (Fsp3) is 0. The molecule has 2 aromatic rings. The zero-order chi connectivity index (χ0) is 15.6. The van der Waals surface area contributed by atoms with Gasteiger partial charge in [-0.2, -0.15) is 0 Å². The first kappa shape index (κ1) is 15.3. The number of nitro groups is 1. The van der Waals surface area contributed by atoms with E-state index in [0.717, 1.165) is 24.4 Å². The van der Waals surface area contributed by atoms with Gasteiger partial charge < -0.3 is 0 Å². The van der Waals surface area contributed by atoms with Crippen molar-refractivity contribution < 1.29 is 17.7 Å². The van der Waals surface area contributed by atoms with Crippen LogP contribution in [0.25, 0.3) is 0 Å². The number of nitro benzene ring substituents is 1. The van der Waals surface area contributed by atoms with Crippen molar-refractivity contribution in [3.63, 3.8) is 0 Å². The smallest absolute Gasteiger partial charge is 0.273 e. The number of sulfonamides is 1. The van der Waals surface area contributed by atoms with Gasteiger partial charge in [-0.1, -0.05) is 0 Å². The van der Waals surface area contributed by atoms with E-state index < -0.39 is 32.1 Å². The van der Waals surface area contributed by atoms with Crippen molar-refractivity contribution in [2.45, 2.75) is 4.90 Å². The molecule has 7 nitrogen and oxygen atoms in total. The summed E-state index contributed by atoms with van der Waals surface area (Å²) in [5.41, 5.74) is -1.01. The molecule has 0 amide bonds. The molecule has 0 spiro atoms. The van der Waals surface area contributed by atoms with Crippen LogP contribution < -0.4 is 4.72 Å². The molecule has 10 heteroatoms. The van der Waals surface area contributed by atoms with E-state index in [9.17, 15) is 22.9 Å². The molecule has 1 aromatic heterocycles. The monoisotopic (exact) mass is 375 g/mol. The number of nitrogens with zero attached hydrogens (tertiary/aromatic N) is 2. The second kappa shape index (κ2) is 5.74. The molecule has 1 aromatic carbocycles. The number of aromatic nitrogens is 1. The van der Waals surface area contributed by atoms with Gasteiger partial charge in [-0.15, -0.1) is 0 Å². The Hall–Kier alpha value is -2.07. The molecule has 0 atom stereocenters. The predicted molar refractivity (Wildman–Crippen MR) is 75.8 cm³/mol. The van der Waals surface area contributed by atoms with Gasteiger partial charge in [0, 0.05) is 29.0 Å². The van der Waals surface area contributed by atoms with Crippen molar-refractivity contribution >= 4 is 37.3 Å². The lowest BCUT2D eigenvalue weighted by molar-refractivity contribution is -0.383. The summed E-state index contributed by atoms with van der Waals surface area (Å²) in [5.74, 6) is -0.800. The number of hydrogen-bond acceptors (Lipinski definition) is 5. The Kier molecular flexibility index (Phi) is 4.19. The lowest BCUT2D eigenvalue weighted by atomic mass is 10.3. The molecule has 0 aliphatic carbocycles. The van der Waals surface area contributed by atoms with E-state index >= 15 is 0 Å². The SMILES string of the molecule is O=[N+]([O-])c1ccc(F)cc1NS(=O)(=O)c1cncc(Br)c1. The van der Waals surface area contributed by atoms with E-state index in [1.807, 2.05) is 4.72 Å². The zero-order valence-electron chi connectivity index (χ0n) is 10.2. The van der Waals surface area contributed by atoms with Gasteiger partial charge in [0.25, 0.3) is 15.7 Å². The van der Waals surface area contributed by atoms with Crippen LogP contribution in [0.15, 0.2) is 46.0 Å². The maximum atomic E-state index is 13.2. The summed E-state index contributed by atoms with van der Waals surface area (Å²) in [6.07, 6.45) is 2.45. The molecule has 0 aliphatic heterocycles. The molecule has 1 N–H and O–H groups in total. The number of anilines is 1. The third-order valence-corrected chi connectivity index (χ3v) is 4.16. The van der Waals surface area contributed by atoms with Gasteiger partial charge in [0.05, 0.1) is 4.92 Å². The maximum absolute atomic E-state index is 13.2. The number of benzene rings is 1. The van der Waals surface area contributed by atoms with Crippen LogP contribution in [0.4, 0.5) is 15.8 Å². The van der Waals surface area contributed by atoms with Crippen LogP contribution >= 0.6 is 15.9 Å². The van der Waals surface area contributed by atoms with Crippen LogP contribution in [-0.2, 0) is 10.0 Å². The molecule has 0 radical (unpaired) electrons. The average molecular weight is 376 g/mol. The lowest BCUT2D eigenvalue weighted by Gasteiger charge is -2.08. The summed E-state index contributed by atoms with van der Waals surface area (Å²) < 4.78 is 39.8. The predicted octanol–water partition coefficient (Wildman–Crippen LogP) is 2.69. The minimum absolute atomic E-state index is 0.213.